The van der Waals surface area contributed by atoms with E-state index in [2.05, 4.69) is 5.32 Å². The zero-order chi connectivity index (χ0) is 18.9. The van der Waals surface area contributed by atoms with Gasteiger partial charge in [-0.05, 0) is 25.3 Å². The third-order valence-corrected chi connectivity index (χ3v) is 4.37. The molecule has 0 amide bonds. The van der Waals surface area contributed by atoms with E-state index in [4.69, 9.17) is 0 Å². The van der Waals surface area contributed by atoms with Gasteiger partial charge in [0.1, 0.15) is 0 Å². The van der Waals surface area contributed by atoms with Gasteiger partial charge in [-0.2, -0.15) is 0 Å². The summed E-state index contributed by atoms with van der Waals surface area (Å²) in [5, 5.41) is 33.0. The van der Waals surface area contributed by atoms with Gasteiger partial charge in [0.05, 0.1) is 16.1 Å². The Morgan fingerprint density at radius 2 is 1.68 bits per heavy atom. The molecule has 1 atom stereocenters. The summed E-state index contributed by atoms with van der Waals surface area (Å²) in [6.07, 6.45) is 0. The third kappa shape index (κ3) is 3.37. The maximum absolute atomic E-state index is 11.7. The van der Waals surface area contributed by atoms with Gasteiger partial charge in [0.15, 0.2) is 0 Å². The van der Waals surface area contributed by atoms with Gasteiger partial charge in [0, 0.05) is 29.4 Å². The van der Waals surface area contributed by atoms with Crippen molar-refractivity contribution < 1.29 is 24.7 Å². The number of carboxylic acid groups (broad SMARTS) is 2. The second-order valence-corrected chi connectivity index (χ2v) is 5.93. The summed E-state index contributed by atoms with van der Waals surface area (Å²) in [6.45, 7) is 4.80. The monoisotopic (exact) mass is 346 g/mol. The summed E-state index contributed by atoms with van der Waals surface area (Å²) in [5.41, 5.74) is 0.978. The lowest BCUT2D eigenvalue weighted by molar-refractivity contribution is -0.384. The zero-order valence-corrected chi connectivity index (χ0v) is 13.9. The molecule has 2 rings (SSSR count). The first-order valence-corrected chi connectivity index (χ1v) is 7.54. The lowest BCUT2D eigenvalue weighted by Gasteiger charge is -2.32. The maximum Gasteiger partial charge on any atom is 0.333 e. The van der Waals surface area contributed by atoms with Crippen molar-refractivity contribution >= 4 is 17.6 Å². The van der Waals surface area contributed by atoms with E-state index in [0.717, 1.165) is 0 Å². The van der Waals surface area contributed by atoms with Gasteiger partial charge < -0.3 is 15.5 Å². The average Bonchev–Trinajstić information content (AvgIpc) is 2.52. The Morgan fingerprint density at radius 1 is 1.16 bits per heavy atom. The summed E-state index contributed by atoms with van der Waals surface area (Å²) in [6, 6.07) is 5.80. The van der Waals surface area contributed by atoms with Gasteiger partial charge in [0.2, 0.25) is 0 Å². The van der Waals surface area contributed by atoms with Crippen molar-refractivity contribution in [3.8, 4) is 0 Å². The van der Waals surface area contributed by atoms with Gasteiger partial charge in [-0.15, -0.1) is 0 Å². The number of allylic oxidation sites excluding steroid dienone is 2. The summed E-state index contributed by atoms with van der Waals surface area (Å²) in [5.74, 6) is -3.96. The first kappa shape index (κ1) is 18.2. The molecule has 1 aromatic carbocycles. The van der Waals surface area contributed by atoms with E-state index in [1.54, 1.807) is 26.8 Å². The lowest BCUT2D eigenvalue weighted by atomic mass is 9.74. The molecule has 25 heavy (non-hydrogen) atoms. The largest absolute Gasteiger partial charge is 0.478 e. The molecule has 3 N–H and O–H groups in total. The number of hydrogen-bond acceptors (Lipinski definition) is 5. The van der Waals surface area contributed by atoms with Crippen LogP contribution in [0, 0.1) is 16.0 Å². The van der Waals surface area contributed by atoms with Crippen LogP contribution in [-0.2, 0) is 9.59 Å². The highest BCUT2D eigenvalue weighted by Gasteiger charge is 2.39. The minimum absolute atomic E-state index is 0.0537. The second-order valence-electron chi connectivity index (χ2n) is 5.93. The molecule has 0 radical (unpaired) electrons. The Balaban J connectivity index is 2.62. The molecule has 0 fully saturated rings. The molecule has 0 saturated carbocycles. The van der Waals surface area contributed by atoms with Crippen molar-refractivity contribution in [2.24, 2.45) is 5.92 Å². The van der Waals surface area contributed by atoms with Crippen molar-refractivity contribution in [1.29, 1.82) is 0 Å². The fourth-order valence-electron chi connectivity index (χ4n) is 3.23. The number of rotatable bonds is 5. The van der Waals surface area contributed by atoms with Crippen molar-refractivity contribution in [1.82, 2.24) is 5.32 Å². The van der Waals surface area contributed by atoms with Crippen molar-refractivity contribution in [3.05, 3.63) is 62.5 Å². The Labute approximate surface area is 143 Å². The van der Waals surface area contributed by atoms with Crippen molar-refractivity contribution in [2.45, 2.75) is 26.7 Å². The van der Waals surface area contributed by atoms with Crippen LogP contribution < -0.4 is 5.32 Å². The molecule has 1 aromatic rings. The smallest absolute Gasteiger partial charge is 0.333 e. The molecule has 1 aliphatic heterocycles. The molecular weight excluding hydrogens is 328 g/mol. The zero-order valence-electron chi connectivity index (χ0n) is 13.9. The molecule has 1 heterocycles. The standard InChI is InChI=1S/C17H18N2O6/c1-8(11-5-4-6-12(7-11)19(24)25)13-14(16(20)21)9(2)18-10(3)15(13)17(22)23/h4-8,13,18H,1-3H3,(H,20,21)(H,22,23). The summed E-state index contributed by atoms with van der Waals surface area (Å²) in [4.78, 5) is 33.9. The summed E-state index contributed by atoms with van der Waals surface area (Å²) in [7, 11) is 0. The Hall–Kier alpha value is -3.16. The number of dihydropyridines is 1. The molecule has 0 aliphatic carbocycles. The van der Waals surface area contributed by atoms with Crippen LogP contribution in [0.5, 0.6) is 0 Å². The predicted octanol–water partition coefficient (Wildman–Crippen LogP) is 2.63. The Bertz CT molecular complexity index is 788. The number of carboxylic acids is 2. The average molecular weight is 346 g/mol. The summed E-state index contributed by atoms with van der Waals surface area (Å²) >= 11 is 0. The quantitative estimate of drug-likeness (QED) is 0.552. The molecule has 8 heteroatoms. The number of hydrogen-bond donors (Lipinski definition) is 3. The number of nitro groups is 1. The number of aliphatic carboxylic acids is 2. The van der Waals surface area contributed by atoms with Crippen LogP contribution >= 0.6 is 0 Å². The Morgan fingerprint density at radius 3 is 2.12 bits per heavy atom. The van der Waals surface area contributed by atoms with Gasteiger partial charge >= 0.3 is 11.9 Å². The van der Waals surface area contributed by atoms with Gasteiger partial charge in [-0.25, -0.2) is 9.59 Å². The normalized spacial score (nSPS) is 16.4. The van der Waals surface area contributed by atoms with Crippen LogP contribution in [0.15, 0.2) is 46.8 Å². The first-order chi connectivity index (χ1) is 11.6. The topological polar surface area (TPSA) is 130 Å². The van der Waals surface area contributed by atoms with Gasteiger partial charge in [-0.1, -0.05) is 19.1 Å². The van der Waals surface area contributed by atoms with Crippen LogP contribution in [0.1, 0.15) is 32.3 Å². The highest BCUT2D eigenvalue weighted by atomic mass is 16.6. The minimum Gasteiger partial charge on any atom is -0.478 e. The molecule has 1 aliphatic rings. The van der Waals surface area contributed by atoms with E-state index in [0.29, 0.717) is 17.0 Å². The second kappa shape index (κ2) is 6.76. The van der Waals surface area contributed by atoms with Gasteiger partial charge in [-0.3, -0.25) is 10.1 Å². The number of nitrogens with zero attached hydrogens (tertiary/aromatic N) is 1. The number of non-ortho nitro benzene ring substituents is 1. The van der Waals surface area contributed by atoms with Crippen molar-refractivity contribution in [3.63, 3.8) is 0 Å². The van der Waals surface area contributed by atoms with Gasteiger partial charge in [0.25, 0.3) is 5.69 Å². The van der Waals surface area contributed by atoms with E-state index < -0.39 is 28.7 Å². The first-order valence-electron chi connectivity index (χ1n) is 7.54. The molecule has 0 saturated heterocycles. The number of nitro benzene ring substituents is 1. The van der Waals surface area contributed by atoms with E-state index in [1.165, 1.54) is 18.2 Å². The lowest BCUT2D eigenvalue weighted by Crippen LogP contribution is -2.34. The highest BCUT2D eigenvalue weighted by Crippen LogP contribution is 2.40. The SMILES string of the molecule is CC1=C(C(=O)O)C(C(C)c2cccc([N+](=O)[O-])c2)C(C(=O)O)=C(C)N1. The van der Waals surface area contributed by atoms with Crippen LogP contribution in [0.2, 0.25) is 0 Å². The minimum atomic E-state index is -1.22. The summed E-state index contributed by atoms with van der Waals surface area (Å²) < 4.78 is 0. The molecule has 1 unspecified atom stereocenters. The predicted molar refractivity (Wildman–Crippen MR) is 88.8 cm³/mol. The van der Waals surface area contributed by atoms with E-state index in [1.807, 2.05) is 0 Å². The molecular formula is C17H18N2O6. The molecule has 132 valence electrons. The molecule has 0 spiro atoms. The van der Waals surface area contributed by atoms with E-state index >= 15 is 0 Å². The molecule has 0 bridgehead atoms. The molecule has 0 aromatic heterocycles. The third-order valence-electron chi connectivity index (χ3n) is 4.37. The number of benzene rings is 1. The Kier molecular flexibility index (Phi) is 4.92. The number of nitrogens with one attached hydrogen (secondary N) is 1. The maximum atomic E-state index is 11.7. The highest BCUT2D eigenvalue weighted by molar-refractivity contribution is 5.96. The van der Waals surface area contributed by atoms with Crippen LogP contribution in [0.3, 0.4) is 0 Å². The number of carbonyl (C=O) groups is 2. The molecule has 8 nitrogen and oxygen atoms in total. The fourth-order valence-corrected chi connectivity index (χ4v) is 3.23. The van der Waals surface area contributed by atoms with Crippen LogP contribution in [0.25, 0.3) is 0 Å². The fraction of sp³-hybridized carbons (Fsp3) is 0.294. The van der Waals surface area contributed by atoms with Crippen molar-refractivity contribution in [2.75, 3.05) is 0 Å². The van der Waals surface area contributed by atoms with E-state index in [-0.39, 0.29) is 16.8 Å². The van der Waals surface area contributed by atoms with Crippen LogP contribution in [-0.4, -0.2) is 27.1 Å². The van der Waals surface area contributed by atoms with E-state index in [9.17, 15) is 29.9 Å². The van der Waals surface area contributed by atoms with Crippen LogP contribution in [0.4, 0.5) is 5.69 Å².